The molecule has 43 heavy (non-hydrogen) atoms. The second-order valence-corrected chi connectivity index (χ2v) is 13.5. The zero-order chi connectivity index (χ0) is 31.5. The SMILES string of the molecule is C=C1CC[C@H](OC(=O)c2cc([N+](=O)[O-])cc([N+](=O)[O-])c2)C/C1=C/C=C1\CCC[C@]2(C)[C@@H]1CC[C@@H]2[C@H](C)/C=C/[C@@H](C)C(C)C. The van der Waals surface area contributed by atoms with Crippen LogP contribution in [0.3, 0.4) is 0 Å². The molecular weight excluding hydrogens is 544 g/mol. The second kappa shape index (κ2) is 13.4. The zero-order valence-electron chi connectivity index (χ0n) is 26.2. The molecule has 8 nitrogen and oxygen atoms in total. The van der Waals surface area contributed by atoms with Gasteiger partial charge in [0.1, 0.15) is 6.10 Å². The monoisotopic (exact) mass is 590 g/mol. The van der Waals surface area contributed by atoms with Gasteiger partial charge < -0.3 is 4.74 Å². The molecule has 0 unspecified atom stereocenters. The van der Waals surface area contributed by atoms with Gasteiger partial charge >= 0.3 is 5.97 Å². The number of hydrogen-bond donors (Lipinski definition) is 0. The molecule has 4 rings (SSSR count). The van der Waals surface area contributed by atoms with Gasteiger partial charge in [-0.05, 0) is 85.5 Å². The highest BCUT2D eigenvalue weighted by Gasteiger charge is 2.50. The summed E-state index contributed by atoms with van der Waals surface area (Å²) in [6, 6.07) is 2.88. The van der Waals surface area contributed by atoms with Gasteiger partial charge in [0.05, 0.1) is 21.5 Å². The van der Waals surface area contributed by atoms with Crippen LogP contribution in [-0.4, -0.2) is 21.9 Å². The molecule has 0 aliphatic heterocycles. The number of carbonyl (C=O) groups excluding carboxylic acids is 1. The fraction of sp³-hybridized carbons (Fsp3) is 0.571. The molecule has 1 aromatic rings. The third-order valence-corrected chi connectivity index (χ3v) is 10.4. The second-order valence-electron chi connectivity index (χ2n) is 13.5. The van der Waals surface area contributed by atoms with Crippen molar-refractivity contribution in [2.45, 2.75) is 92.1 Å². The highest BCUT2D eigenvalue weighted by molar-refractivity contribution is 5.91. The average Bonchev–Trinajstić information content (AvgIpc) is 3.33. The number of nitrogens with zero attached hydrogens (tertiary/aromatic N) is 2. The van der Waals surface area contributed by atoms with Crippen LogP contribution >= 0.6 is 0 Å². The maximum Gasteiger partial charge on any atom is 0.338 e. The molecule has 0 spiro atoms. The van der Waals surface area contributed by atoms with E-state index in [2.05, 4.69) is 65.5 Å². The fourth-order valence-electron chi connectivity index (χ4n) is 7.47. The molecule has 3 aliphatic carbocycles. The highest BCUT2D eigenvalue weighted by Crippen LogP contribution is 2.59. The van der Waals surface area contributed by atoms with Crippen LogP contribution in [0.5, 0.6) is 0 Å². The maximum absolute atomic E-state index is 12.9. The molecule has 232 valence electrons. The molecule has 0 N–H and O–H groups in total. The van der Waals surface area contributed by atoms with E-state index in [1.807, 2.05) is 0 Å². The van der Waals surface area contributed by atoms with Crippen molar-refractivity contribution in [1.29, 1.82) is 0 Å². The zero-order valence-corrected chi connectivity index (χ0v) is 26.2. The van der Waals surface area contributed by atoms with Crippen molar-refractivity contribution < 1.29 is 19.4 Å². The van der Waals surface area contributed by atoms with Crippen LogP contribution in [0.2, 0.25) is 0 Å². The topological polar surface area (TPSA) is 113 Å². The minimum Gasteiger partial charge on any atom is -0.458 e. The van der Waals surface area contributed by atoms with Crippen LogP contribution in [0, 0.1) is 55.2 Å². The number of hydrogen-bond acceptors (Lipinski definition) is 6. The predicted octanol–water partition coefficient (Wildman–Crippen LogP) is 9.32. The Bertz CT molecular complexity index is 1330. The van der Waals surface area contributed by atoms with Crippen LogP contribution < -0.4 is 0 Å². The van der Waals surface area contributed by atoms with Crippen molar-refractivity contribution in [3.8, 4) is 0 Å². The molecule has 0 bridgehead atoms. The largest absolute Gasteiger partial charge is 0.458 e. The Morgan fingerprint density at radius 2 is 1.67 bits per heavy atom. The lowest BCUT2D eigenvalue weighted by Gasteiger charge is -2.44. The molecule has 0 saturated heterocycles. The third-order valence-electron chi connectivity index (χ3n) is 10.4. The summed E-state index contributed by atoms with van der Waals surface area (Å²) in [5.74, 6) is 2.21. The molecular formula is C35H46N2O6. The number of carbonyl (C=O) groups is 1. The van der Waals surface area contributed by atoms with Crippen LogP contribution in [0.25, 0.3) is 0 Å². The van der Waals surface area contributed by atoms with Gasteiger partial charge in [-0.15, -0.1) is 0 Å². The quantitative estimate of drug-likeness (QED) is 0.123. The summed E-state index contributed by atoms with van der Waals surface area (Å²) in [5.41, 5.74) is 2.63. The lowest BCUT2D eigenvalue weighted by atomic mass is 9.61. The number of ether oxygens (including phenoxy) is 1. The molecule has 0 aromatic heterocycles. The summed E-state index contributed by atoms with van der Waals surface area (Å²) < 4.78 is 5.70. The minimum absolute atomic E-state index is 0.196. The summed E-state index contributed by atoms with van der Waals surface area (Å²) in [6.45, 7) is 16.0. The molecule has 6 atom stereocenters. The molecule has 3 fully saturated rings. The molecule has 1 aromatic carbocycles. The van der Waals surface area contributed by atoms with Gasteiger partial charge in [-0.25, -0.2) is 4.79 Å². The van der Waals surface area contributed by atoms with Crippen molar-refractivity contribution in [3.63, 3.8) is 0 Å². The van der Waals surface area contributed by atoms with Crippen LogP contribution in [0.1, 0.15) is 96.3 Å². The van der Waals surface area contributed by atoms with E-state index in [4.69, 9.17) is 4.74 Å². The number of fused-ring (bicyclic) bond motifs is 1. The molecule has 3 aliphatic rings. The van der Waals surface area contributed by atoms with Gasteiger partial charge in [0.2, 0.25) is 0 Å². The van der Waals surface area contributed by atoms with Crippen molar-refractivity contribution >= 4 is 17.3 Å². The van der Waals surface area contributed by atoms with E-state index in [9.17, 15) is 25.0 Å². The van der Waals surface area contributed by atoms with E-state index < -0.39 is 33.3 Å². The number of non-ortho nitro benzene ring substituents is 2. The van der Waals surface area contributed by atoms with E-state index >= 15 is 0 Å². The summed E-state index contributed by atoms with van der Waals surface area (Å²) >= 11 is 0. The van der Waals surface area contributed by atoms with Crippen molar-refractivity contribution in [3.05, 3.63) is 91.6 Å². The summed E-state index contributed by atoms with van der Waals surface area (Å²) in [4.78, 5) is 33.9. The number of esters is 1. The van der Waals surface area contributed by atoms with Gasteiger partial charge in [0, 0.05) is 18.6 Å². The smallest absolute Gasteiger partial charge is 0.338 e. The first kappa shape index (κ1) is 32.4. The first-order valence-corrected chi connectivity index (χ1v) is 15.7. The fourth-order valence-corrected chi connectivity index (χ4v) is 7.47. The van der Waals surface area contributed by atoms with E-state index in [-0.39, 0.29) is 11.0 Å². The van der Waals surface area contributed by atoms with Crippen LogP contribution in [-0.2, 0) is 4.74 Å². The first-order valence-electron chi connectivity index (χ1n) is 15.7. The van der Waals surface area contributed by atoms with Crippen molar-refractivity contribution in [1.82, 2.24) is 0 Å². The number of nitro benzene ring substituents is 2. The average molecular weight is 591 g/mol. The van der Waals surface area contributed by atoms with Crippen molar-refractivity contribution in [2.75, 3.05) is 0 Å². The normalized spacial score (nSPS) is 29.2. The first-order chi connectivity index (χ1) is 20.3. The van der Waals surface area contributed by atoms with Crippen LogP contribution in [0.15, 0.2) is 65.8 Å². The molecule has 3 saturated carbocycles. The Hall–Kier alpha value is -3.55. The number of nitro groups is 2. The lowest BCUT2D eigenvalue weighted by molar-refractivity contribution is -0.394. The minimum atomic E-state index is -0.798. The number of rotatable bonds is 9. The summed E-state index contributed by atoms with van der Waals surface area (Å²) in [5, 5.41) is 22.5. The van der Waals surface area contributed by atoms with Crippen molar-refractivity contribution in [2.24, 2.45) is 35.0 Å². The van der Waals surface area contributed by atoms with Gasteiger partial charge in [-0.3, -0.25) is 20.2 Å². The molecule has 8 heteroatoms. The Balaban J connectivity index is 1.47. The van der Waals surface area contributed by atoms with E-state index in [0.29, 0.717) is 48.9 Å². The summed E-state index contributed by atoms with van der Waals surface area (Å²) in [7, 11) is 0. The Morgan fingerprint density at radius 3 is 2.30 bits per heavy atom. The Morgan fingerprint density at radius 1 is 1.00 bits per heavy atom. The van der Waals surface area contributed by atoms with E-state index in [1.165, 1.54) is 31.3 Å². The number of benzene rings is 1. The molecule has 0 amide bonds. The van der Waals surface area contributed by atoms with Crippen LogP contribution in [0.4, 0.5) is 11.4 Å². The van der Waals surface area contributed by atoms with Gasteiger partial charge in [0.25, 0.3) is 11.4 Å². The third kappa shape index (κ3) is 7.34. The maximum atomic E-state index is 12.9. The Labute approximate surface area is 255 Å². The molecule has 0 heterocycles. The lowest BCUT2D eigenvalue weighted by Crippen LogP contribution is -2.35. The van der Waals surface area contributed by atoms with E-state index in [1.54, 1.807) is 0 Å². The number of allylic oxidation sites excluding steroid dienone is 6. The summed E-state index contributed by atoms with van der Waals surface area (Å²) in [6.07, 6.45) is 16.6. The standard InChI is InChI=1S/C35H46N2O6/c1-22(2)23(3)9-10-25(5)32-15-16-33-26(8-7-17-35(32,33)6)12-13-27-20-31(14-11-24(27)4)43-34(38)28-18-29(36(39)40)21-30(19-28)37(41)42/h9-10,12-13,18-19,21-23,25,31-33H,4,7-8,11,14-17,20H2,1-3,5-6H3/b10-9+,26-12+,27-13-/t23-,25-,31+,32-,33-,35+/m1/s1. The van der Waals surface area contributed by atoms with Gasteiger partial charge in [-0.2, -0.15) is 0 Å². The molecule has 0 radical (unpaired) electrons. The van der Waals surface area contributed by atoms with E-state index in [0.717, 1.165) is 35.8 Å². The predicted molar refractivity (Wildman–Crippen MR) is 169 cm³/mol. The van der Waals surface area contributed by atoms with Gasteiger partial charge in [0.15, 0.2) is 0 Å². The van der Waals surface area contributed by atoms with Gasteiger partial charge in [-0.1, -0.05) is 76.6 Å². The highest BCUT2D eigenvalue weighted by atomic mass is 16.6. The Kier molecular flexibility index (Phi) is 10.1.